The molecule has 0 saturated heterocycles. The fraction of sp³-hybridized carbons (Fsp3) is 0.600. The highest BCUT2D eigenvalue weighted by atomic mass is 16.5. The Kier molecular flexibility index (Phi) is 5.03. The van der Waals surface area contributed by atoms with Gasteiger partial charge in [-0.1, -0.05) is 32.9 Å². The highest BCUT2D eigenvalue weighted by Gasteiger charge is 2.15. The van der Waals surface area contributed by atoms with Gasteiger partial charge in [0.25, 0.3) is 0 Å². The molecule has 1 aromatic carbocycles. The van der Waals surface area contributed by atoms with Crippen LogP contribution in [0.4, 0.5) is 0 Å². The summed E-state index contributed by atoms with van der Waals surface area (Å²) < 4.78 is 5.39. The zero-order chi connectivity index (χ0) is 13.8. The first kappa shape index (κ1) is 14.8. The number of hydrogen-bond donors (Lipinski definition) is 1. The van der Waals surface area contributed by atoms with Crippen molar-refractivity contribution in [2.45, 2.75) is 34.2 Å². The Bertz CT molecular complexity index is 383. The molecule has 3 heteroatoms. The summed E-state index contributed by atoms with van der Waals surface area (Å²) in [6, 6.07) is 5.66. The van der Waals surface area contributed by atoms with Crippen LogP contribution >= 0.6 is 0 Å². The van der Waals surface area contributed by atoms with Crippen molar-refractivity contribution in [1.29, 1.82) is 0 Å². The van der Waals surface area contributed by atoms with Crippen molar-refractivity contribution in [1.82, 2.24) is 4.90 Å². The Balaban J connectivity index is 2.75. The van der Waals surface area contributed by atoms with Crippen molar-refractivity contribution in [3.63, 3.8) is 0 Å². The molecule has 1 aromatic rings. The zero-order valence-corrected chi connectivity index (χ0v) is 12.2. The predicted octanol–water partition coefficient (Wildman–Crippen LogP) is 3.27. The molecule has 0 radical (unpaired) electrons. The molecule has 0 saturated carbocycles. The molecule has 0 aliphatic rings. The Morgan fingerprint density at radius 3 is 2.50 bits per heavy atom. The SMILES string of the molecule is CCOc1cccc(CN(C)CC(C)(C)C)c1O. The van der Waals surface area contributed by atoms with E-state index < -0.39 is 0 Å². The van der Waals surface area contributed by atoms with Crippen molar-refractivity contribution in [2.75, 3.05) is 20.2 Å². The molecule has 102 valence electrons. The number of benzene rings is 1. The fourth-order valence-corrected chi connectivity index (χ4v) is 2.12. The van der Waals surface area contributed by atoms with E-state index in [1.807, 2.05) is 19.1 Å². The normalized spacial score (nSPS) is 11.9. The summed E-state index contributed by atoms with van der Waals surface area (Å²) in [7, 11) is 2.07. The van der Waals surface area contributed by atoms with E-state index >= 15 is 0 Å². The largest absolute Gasteiger partial charge is 0.504 e. The molecule has 0 amide bonds. The first-order chi connectivity index (χ1) is 8.33. The topological polar surface area (TPSA) is 32.7 Å². The quantitative estimate of drug-likeness (QED) is 0.871. The third-order valence-corrected chi connectivity index (χ3v) is 2.57. The highest BCUT2D eigenvalue weighted by molar-refractivity contribution is 5.45. The van der Waals surface area contributed by atoms with Crippen LogP contribution in [0.2, 0.25) is 0 Å². The molecule has 18 heavy (non-hydrogen) atoms. The van der Waals surface area contributed by atoms with Gasteiger partial charge in [0.15, 0.2) is 11.5 Å². The van der Waals surface area contributed by atoms with Gasteiger partial charge >= 0.3 is 0 Å². The van der Waals surface area contributed by atoms with Crippen molar-refractivity contribution in [3.8, 4) is 11.5 Å². The standard InChI is InChI=1S/C15H25NO2/c1-6-18-13-9-7-8-12(14(13)17)10-16(5)11-15(2,3)4/h7-9,17H,6,10-11H2,1-5H3. The predicted molar refractivity (Wildman–Crippen MR) is 75.1 cm³/mol. The number of ether oxygens (including phenoxy) is 1. The Morgan fingerprint density at radius 2 is 1.94 bits per heavy atom. The molecule has 0 bridgehead atoms. The highest BCUT2D eigenvalue weighted by Crippen LogP contribution is 2.30. The van der Waals surface area contributed by atoms with E-state index in [-0.39, 0.29) is 11.2 Å². The van der Waals surface area contributed by atoms with Crippen LogP contribution in [0.3, 0.4) is 0 Å². The third-order valence-electron chi connectivity index (χ3n) is 2.57. The Hall–Kier alpha value is -1.22. The summed E-state index contributed by atoms with van der Waals surface area (Å²) in [4.78, 5) is 2.21. The molecular formula is C15H25NO2. The fourth-order valence-electron chi connectivity index (χ4n) is 2.12. The lowest BCUT2D eigenvalue weighted by molar-refractivity contribution is 0.218. The molecular weight excluding hydrogens is 226 g/mol. The summed E-state index contributed by atoms with van der Waals surface area (Å²) in [5.74, 6) is 0.833. The summed E-state index contributed by atoms with van der Waals surface area (Å²) in [6.07, 6.45) is 0. The van der Waals surface area contributed by atoms with E-state index in [0.29, 0.717) is 12.4 Å². The molecule has 1 N–H and O–H groups in total. The molecule has 0 aromatic heterocycles. The molecule has 0 unspecified atom stereocenters. The van der Waals surface area contributed by atoms with Gasteiger partial charge in [-0.2, -0.15) is 0 Å². The molecule has 0 fully saturated rings. The lowest BCUT2D eigenvalue weighted by Gasteiger charge is -2.26. The van der Waals surface area contributed by atoms with Gasteiger partial charge in [-0.25, -0.2) is 0 Å². The average molecular weight is 251 g/mol. The van der Waals surface area contributed by atoms with Gasteiger partial charge in [-0.3, -0.25) is 0 Å². The summed E-state index contributed by atoms with van der Waals surface area (Å²) >= 11 is 0. The second kappa shape index (κ2) is 6.10. The van der Waals surface area contributed by atoms with E-state index in [4.69, 9.17) is 4.74 Å². The van der Waals surface area contributed by atoms with E-state index in [1.165, 1.54) is 0 Å². The van der Waals surface area contributed by atoms with Gasteiger partial charge in [-0.05, 0) is 25.5 Å². The maximum absolute atomic E-state index is 10.1. The number of phenolic OH excluding ortho intramolecular Hbond substituents is 1. The molecule has 0 atom stereocenters. The first-order valence-electron chi connectivity index (χ1n) is 6.45. The lowest BCUT2D eigenvalue weighted by atomic mass is 9.96. The average Bonchev–Trinajstić information content (AvgIpc) is 2.21. The molecule has 0 spiro atoms. The minimum atomic E-state index is 0.252. The van der Waals surface area contributed by atoms with Crippen molar-refractivity contribution in [3.05, 3.63) is 23.8 Å². The van der Waals surface area contributed by atoms with Gasteiger partial charge in [0.2, 0.25) is 0 Å². The number of para-hydroxylation sites is 1. The van der Waals surface area contributed by atoms with Crippen LogP contribution < -0.4 is 4.74 Å². The van der Waals surface area contributed by atoms with Gasteiger partial charge in [0.1, 0.15) is 0 Å². The summed E-state index contributed by atoms with van der Waals surface area (Å²) in [5, 5.41) is 10.1. The van der Waals surface area contributed by atoms with Crippen molar-refractivity contribution in [2.24, 2.45) is 5.41 Å². The maximum atomic E-state index is 10.1. The summed E-state index contributed by atoms with van der Waals surface area (Å²) in [5.41, 5.74) is 1.16. The minimum Gasteiger partial charge on any atom is -0.504 e. The van der Waals surface area contributed by atoms with Crippen LogP contribution in [-0.4, -0.2) is 30.2 Å². The minimum absolute atomic E-state index is 0.252. The van der Waals surface area contributed by atoms with Crippen LogP contribution in [0.5, 0.6) is 11.5 Å². The van der Waals surface area contributed by atoms with Gasteiger partial charge < -0.3 is 14.7 Å². The lowest BCUT2D eigenvalue weighted by Crippen LogP contribution is -2.28. The number of phenols is 1. The number of hydrogen-bond acceptors (Lipinski definition) is 3. The van der Waals surface area contributed by atoms with Crippen LogP contribution in [0.25, 0.3) is 0 Å². The second-order valence-corrected chi connectivity index (χ2v) is 5.93. The van der Waals surface area contributed by atoms with E-state index in [2.05, 4.69) is 32.7 Å². The van der Waals surface area contributed by atoms with E-state index in [1.54, 1.807) is 6.07 Å². The Labute approximate surface area is 110 Å². The number of aromatic hydroxyl groups is 1. The maximum Gasteiger partial charge on any atom is 0.162 e. The van der Waals surface area contributed by atoms with E-state index in [0.717, 1.165) is 18.7 Å². The molecule has 0 aliphatic carbocycles. The third kappa shape index (κ3) is 4.57. The number of nitrogens with zero attached hydrogens (tertiary/aromatic N) is 1. The van der Waals surface area contributed by atoms with Crippen molar-refractivity contribution >= 4 is 0 Å². The van der Waals surface area contributed by atoms with Crippen LogP contribution in [-0.2, 0) is 6.54 Å². The van der Waals surface area contributed by atoms with Crippen molar-refractivity contribution < 1.29 is 9.84 Å². The van der Waals surface area contributed by atoms with E-state index in [9.17, 15) is 5.11 Å². The summed E-state index contributed by atoms with van der Waals surface area (Å²) in [6.45, 7) is 10.8. The molecule has 1 rings (SSSR count). The molecule has 0 aliphatic heterocycles. The molecule has 0 heterocycles. The second-order valence-electron chi connectivity index (χ2n) is 5.93. The van der Waals surface area contributed by atoms with Gasteiger partial charge in [-0.15, -0.1) is 0 Å². The van der Waals surface area contributed by atoms with Crippen LogP contribution in [0, 0.1) is 5.41 Å². The Morgan fingerprint density at radius 1 is 1.28 bits per heavy atom. The zero-order valence-electron chi connectivity index (χ0n) is 12.2. The smallest absolute Gasteiger partial charge is 0.162 e. The van der Waals surface area contributed by atoms with Gasteiger partial charge in [0, 0.05) is 18.7 Å². The van der Waals surface area contributed by atoms with Gasteiger partial charge in [0.05, 0.1) is 6.61 Å². The van der Waals surface area contributed by atoms with Crippen LogP contribution in [0.15, 0.2) is 18.2 Å². The monoisotopic (exact) mass is 251 g/mol. The molecule has 3 nitrogen and oxygen atoms in total. The first-order valence-corrected chi connectivity index (χ1v) is 6.45. The van der Waals surface area contributed by atoms with Crippen LogP contribution in [0.1, 0.15) is 33.3 Å². The number of rotatable bonds is 5.